The van der Waals surface area contributed by atoms with Gasteiger partial charge in [-0.25, -0.2) is 4.79 Å². The molecule has 0 aliphatic rings. The topological polar surface area (TPSA) is 84.2 Å². The SMILES string of the molecule is CC(CCS(C)=O)NC(=O)Nc1cccc(C(C)N)c1. The molecule has 0 aliphatic heterocycles. The second kappa shape index (κ2) is 8.01. The van der Waals surface area contributed by atoms with Gasteiger partial charge < -0.3 is 16.4 Å². The second-order valence-electron chi connectivity index (χ2n) is 4.98. The first-order valence-corrected chi connectivity index (χ1v) is 8.34. The molecule has 1 aromatic carbocycles. The van der Waals surface area contributed by atoms with Gasteiger partial charge in [0.25, 0.3) is 0 Å². The molecule has 0 radical (unpaired) electrons. The van der Waals surface area contributed by atoms with Gasteiger partial charge in [-0.05, 0) is 38.0 Å². The molecule has 3 unspecified atom stereocenters. The maximum absolute atomic E-state index is 11.8. The number of carbonyl (C=O) groups excluding carboxylic acids is 1. The van der Waals surface area contributed by atoms with Crippen LogP contribution in [-0.4, -0.2) is 28.3 Å². The van der Waals surface area contributed by atoms with Crippen LogP contribution in [0.3, 0.4) is 0 Å². The van der Waals surface area contributed by atoms with E-state index in [1.807, 2.05) is 38.1 Å². The van der Waals surface area contributed by atoms with E-state index >= 15 is 0 Å². The highest BCUT2D eigenvalue weighted by atomic mass is 32.2. The maximum Gasteiger partial charge on any atom is 0.319 e. The molecule has 0 bridgehead atoms. The van der Waals surface area contributed by atoms with Crippen molar-refractivity contribution in [2.75, 3.05) is 17.3 Å². The first kappa shape index (κ1) is 16.7. The largest absolute Gasteiger partial charge is 0.335 e. The molecule has 20 heavy (non-hydrogen) atoms. The quantitative estimate of drug-likeness (QED) is 0.750. The number of rotatable bonds is 6. The van der Waals surface area contributed by atoms with E-state index in [9.17, 15) is 9.00 Å². The van der Waals surface area contributed by atoms with Crippen molar-refractivity contribution in [1.82, 2.24) is 5.32 Å². The molecule has 3 atom stereocenters. The number of carbonyl (C=O) groups is 1. The van der Waals surface area contributed by atoms with E-state index in [-0.39, 0.29) is 18.1 Å². The van der Waals surface area contributed by atoms with Crippen molar-refractivity contribution in [3.05, 3.63) is 29.8 Å². The van der Waals surface area contributed by atoms with E-state index in [2.05, 4.69) is 10.6 Å². The lowest BCUT2D eigenvalue weighted by atomic mass is 10.1. The van der Waals surface area contributed by atoms with Gasteiger partial charge in [-0.15, -0.1) is 0 Å². The Morgan fingerprint density at radius 2 is 2.10 bits per heavy atom. The zero-order chi connectivity index (χ0) is 15.1. The van der Waals surface area contributed by atoms with Crippen LogP contribution in [0, 0.1) is 0 Å². The number of urea groups is 1. The highest BCUT2D eigenvalue weighted by Gasteiger charge is 2.08. The van der Waals surface area contributed by atoms with Gasteiger partial charge in [0.2, 0.25) is 0 Å². The maximum atomic E-state index is 11.8. The van der Waals surface area contributed by atoms with Crippen LogP contribution in [0.2, 0.25) is 0 Å². The molecule has 4 N–H and O–H groups in total. The smallest absolute Gasteiger partial charge is 0.319 e. The Bertz CT molecular complexity index is 477. The fraction of sp³-hybridized carbons (Fsp3) is 0.500. The standard InChI is InChI=1S/C14H23N3O2S/c1-10(7-8-20(3)19)16-14(18)17-13-6-4-5-12(9-13)11(2)15/h4-6,9-11H,7-8,15H2,1-3H3,(H2,16,17,18). The Labute approximate surface area is 122 Å². The summed E-state index contributed by atoms with van der Waals surface area (Å²) in [6, 6.07) is 7.10. The van der Waals surface area contributed by atoms with Crippen LogP contribution >= 0.6 is 0 Å². The number of nitrogens with one attached hydrogen (secondary N) is 2. The van der Waals surface area contributed by atoms with E-state index in [4.69, 9.17) is 5.73 Å². The third-order valence-electron chi connectivity index (χ3n) is 2.89. The van der Waals surface area contributed by atoms with Gasteiger partial charge in [0.1, 0.15) is 0 Å². The fourth-order valence-corrected chi connectivity index (χ4v) is 2.39. The van der Waals surface area contributed by atoms with E-state index in [1.54, 1.807) is 6.26 Å². The first-order valence-electron chi connectivity index (χ1n) is 6.61. The van der Waals surface area contributed by atoms with E-state index in [0.717, 1.165) is 5.56 Å². The van der Waals surface area contributed by atoms with Crippen LogP contribution in [0.25, 0.3) is 0 Å². The summed E-state index contributed by atoms with van der Waals surface area (Å²) >= 11 is 0. The average molecular weight is 297 g/mol. The zero-order valence-electron chi connectivity index (χ0n) is 12.2. The molecular weight excluding hydrogens is 274 g/mol. The van der Waals surface area contributed by atoms with Crippen molar-refractivity contribution in [3.63, 3.8) is 0 Å². The van der Waals surface area contributed by atoms with Crippen molar-refractivity contribution >= 4 is 22.5 Å². The number of hydrogen-bond acceptors (Lipinski definition) is 3. The van der Waals surface area contributed by atoms with Gasteiger partial charge in [0, 0.05) is 40.6 Å². The lowest BCUT2D eigenvalue weighted by molar-refractivity contribution is 0.249. The predicted octanol–water partition coefficient (Wildman–Crippen LogP) is 1.98. The minimum atomic E-state index is -0.833. The molecule has 1 aromatic rings. The molecule has 0 spiro atoms. The first-order chi connectivity index (χ1) is 9.38. The van der Waals surface area contributed by atoms with Crippen molar-refractivity contribution in [3.8, 4) is 0 Å². The summed E-state index contributed by atoms with van der Waals surface area (Å²) in [5, 5.41) is 5.59. The Hall–Kier alpha value is -1.40. The van der Waals surface area contributed by atoms with E-state index in [0.29, 0.717) is 17.9 Å². The number of benzene rings is 1. The highest BCUT2D eigenvalue weighted by molar-refractivity contribution is 7.84. The van der Waals surface area contributed by atoms with Crippen LogP contribution < -0.4 is 16.4 Å². The predicted molar refractivity (Wildman–Crippen MR) is 84.2 cm³/mol. The lowest BCUT2D eigenvalue weighted by Gasteiger charge is -2.15. The zero-order valence-corrected chi connectivity index (χ0v) is 13.0. The van der Waals surface area contributed by atoms with Gasteiger partial charge in [-0.3, -0.25) is 4.21 Å². The number of nitrogens with two attached hydrogens (primary N) is 1. The van der Waals surface area contributed by atoms with Crippen LogP contribution in [-0.2, 0) is 10.8 Å². The summed E-state index contributed by atoms with van der Waals surface area (Å²) < 4.78 is 11.0. The molecule has 0 aliphatic carbocycles. The summed E-state index contributed by atoms with van der Waals surface area (Å²) in [5.74, 6) is 0.585. The molecule has 0 aromatic heterocycles. The molecule has 0 saturated carbocycles. The van der Waals surface area contributed by atoms with E-state index in [1.165, 1.54) is 0 Å². The van der Waals surface area contributed by atoms with Gasteiger partial charge in [-0.2, -0.15) is 0 Å². The summed E-state index contributed by atoms with van der Waals surface area (Å²) in [6.07, 6.45) is 2.35. The minimum absolute atomic E-state index is 0.0180. The molecule has 2 amide bonds. The van der Waals surface area contributed by atoms with Gasteiger partial charge >= 0.3 is 6.03 Å². The molecule has 0 heterocycles. The van der Waals surface area contributed by atoms with Crippen LogP contribution in [0.5, 0.6) is 0 Å². The Kier molecular flexibility index (Phi) is 6.67. The van der Waals surface area contributed by atoms with Crippen LogP contribution in [0.1, 0.15) is 31.9 Å². The van der Waals surface area contributed by atoms with Crippen molar-refractivity contribution < 1.29 is 9.00 Å². The summed E-state index contributed by atoms with van der Waals surface area (Å²) in [7, 11) is -0.833. The Morgan fingerprint density at radius 1 is 1.40 bits per heavy atom. The molecule has 0 fully saturated rings. The fourth-order valence-electron chi connectivity index (χ4n) is 1.71. The third kappa shape index (κ3) is 6.16. The molecule has 112 valence electrons. The van der Waals surface area contributed by atoms with Crippen LogP contribution in [0.4, 0.5) is 10.5 Å². The molecule has 1 rings (SSSR count). The van der Waals surface area contributed by atoms with Gasteiger partial charge in [0.15, 0.2) is 0 Å². The molecule has 0 saturated heterocycles. The van der Waals surface area contributed by atoms with Crippen molar-refractivity contribution in [1.29, 1.82) is 0 Å². The lowest BCUT2D eigenvalue weighted by Crippen LogP contribution is -2.36. The summed E-state index contributed by atoms with van der Waals surface area (Å²) in [4.78, 5) is 11.8. The number of hydrogen-bond donors (Lipinski definition) is 3. The Balaban J connectivity index is 2.49. The number of anilines is 1. The summed E-state index contributed by atoms with van der Waals surface area (Å²) in [6.45, 7) is 3.79. The average Bonchev–Trinajstić information content (AvgIpc) is 2.36. The monoisotopic (exact) mass is 297 g/mol. The van der Waals surface area contributed by atoms with Crippen LogP contribution in [0.15, 0.2) is 24.3 Å². The molecule has 6 heteroatoms. The number of amides is 2. The molecule has 5 nitrogen and oxygen atoms in total. The second-order valence-corrected chi connectivity index (χ2v) is 6.53. The summed E-state index contributed by atoms with van der Waals surface area (Å²) in [5.41, 5.74) is 7.49. The molecular formula is C14H23N3O2S. The normalized spacial score (nSPS) is 15.2. The van der Waals surface area contributed by atoms with Gasteiger partial charge in [0.05, 0.1) is 0 Å². The van der Waals surface area contributed by atoms with E-state index < -0.39 is 10.8 Å². The highest BCUT2D eigenvalue weighted by Crippen LogP contribution is 2.15. The minimum Gasteiger partial charge on any atom is -0.335 e. The van der Waals surface area contributed by atoms with Gasteiger partial charge in [-0.1, -0.05) is 12.1 Å². The Morgan fingerprint density at radius 3 is 2.70 bits per heavy atom. The van der Waals surface area contributed by atoms with Crippen molar-refractivity contribution in [2.24, 2.45) is 5.73 Å². The van der Waals surface area contributed by atoms with Crippen molar-refractivity contribution in [2.45, 2.75) is 32.4 Å². The third-order valence-corrected chi connectivity index (χ3v) is 3.70.